The number of imidazole rings is 1. The third kappa shape index (κ3) is 2.27. The molecule has 0 aliphatic heterocycles. The van der Waals surface area contributed by atoms with E-state index < -0.39 is 0 Å². The Bertz CT molecular complexity index is 562. The second kappa shape index (κ2) is 5.11. The largest absolute Gasteiger partial charge is 0.337 e. The maximum absolute atomic E-state index is 5.41. The van der Waals surface area contributed by atoms with Gasteiger partial charge in [0.15, 0.2) is 4.77 Å². The summed E-state index contributed by atoms with van der Waals surface area (Å²) < 4.78 is 3.11. The molecule has 2 aromatic rings. The fraction of sp³-hybridized carbons (Fsp3) is 0.400. The van der Waals surface area contributed by atoms with Crippen LogP contribution in [0.3, 0.4) is 0 Å². The normalized spacial score (nSPS) is 16.2. The molecule has 1 aliphatic carbocycles. The zero-order chi connectivity index (χ0) is 12.4. The lowest BCUT2D eigenvalue weighted by Crippen LogP contribution is -2.08. The Labute approximate surface area is 113 Å². The smallest absolute Gasteiger partial charge is 0.177 e. The van der Waals surface area contributed by atoms with Crippen molar-refractivity contribution in [1.29, 1.82) is 0 Å². The van der Waals surface area contributed by atoms with Crippen molar-refractivity contribution in [1.82, 2.24) is 9.55 Å². The number of hydrogen-bond donors (Lipinski definition) is 1. The Morgan fingerprint density at radius 2 is 1.89 bits per heavy atom. The van der Waals surface area contributed by atoms with Crippen molar-refractivity contribution in [2.75, 3.05) is 0 Å². The van der Waals surface area contributed by atoms with Crippen LogP contribution in [-0.4, -0.2) is 9.55 Å². The van der Waals surface area contributed by atoms with Gasteiger partial charge in [-0.15, -0.1) is 0 Å². The first kappa shape index (κ1) is 11.7. The molecule has 0 atom stereocenters. The van der Waals surface area contributed by atoms with Crippen LogP contribution < -0.4 is 0 Å². The summed E-state index contributed by atoms with van der Waals surface area (Å²) in [7, 11) is 0. The van der Waals surface area contributed by atoms with E-state index in [1.807, 2.05) is 12.3 Å². The Morgan fingerprint density at radius 3 is 2.61 bits per heavy atom. The summed E-state index contributed by atoms with van der Waals surface area (Å²) in [5, 5.41) is 0. The minimum Gasteiger partial charge on any atom is -0.337 e. The van der Waals surface area contributed by atoms with Gasteiger partial charge in [-0.2, -0.15) is 0 Å². The Kier molecular flexibility index (Phi) is 3.33. The highest BCUT2D eigenvalue weighted by molar-refractivity contribution is 7.71. The van der Waals surface area contributed by atoms with E-state index in [0.717, 1.165) is 17.2 Å². The monoisotopic (exact) mass is 258 g/mol. The molecule has 1 saturated carbocycles. The SMILES string of the molecule is S=c1[nH]cc(-c2ccccc2)n1CC1CCCC1. The van der Waals surface area contributed by atoms with Crippen LogP contribution in [0.2, 0.25) is 0 Å². The van der Waals surface area contributed by atoms with E-state index in [1.54, 1.807) is 0 Å². The molecule has 1 N–H and O–H groups in total. The lowest BCUT2D eigenvalue weighted by Gasteiger charge is -2.13. The molecule has 2 nitrogen and oxygen atoms in total. The third-order valence-corrected chi connectivity index (χ3v) is 4.19. The van der Waals surface area contributed by atoms with E-state index in [2.05, 4.69) is 33.8 Å². The lowest BCUT2D eigenvalue weighted by atomic mass is 10.1. The number of nitrogens with zero attached hydrogens (tertiary/aromatic N) is 1. The zero-order valence-electron chi connectivity index (χ0n) is 10.4. The van der Waals surface area contributed by atoms with Crippen LogP contribution in [0.15, 0.2) is 36.5 Å². The number of nitrogens with one attached hydrogen (secondary N) is 1. The van der Waals surface area contributed by atoms with Crippen LogP contribution in [0, 0.1) is 10.7 Å². The van der Waals surface area contributed by atoms with Gasteiger partial charge in [0.05, 0.1) is 5.69 Å². The topological polar surface area (TPSA) is 20.7 Å². The number of hydrogen-bond acceptors (Lipinski definition) is 1. The van der Waals surface area contributed by atoms with Crippen molar-refractivity contribution < 1.29 is 0 Å². The van der Waals surface area contributed by atoms with E-state index in [0.29, 0.717) is 0 Å². The molecular weight excluding hydrogens is 240 g/mol. The fourth-order valence-electron chi connectivity index (χ4n) is 2.88. The predicted molar refractivity (Wildman–Crippen MR) is 77.0 cm³/mol. The first-order valence-electron chi connectivity index (χ1n) is 6.68. The molecule has 0 radical (unpaired) electrons. The molecule has 94 valence electrons. The van der Waals surface area contributed by atoms with E-state index in [-0.39, 0.29) is 0 Å². The summed E-state index contributed by atoms with van der Waals surface area (Å²) in [5.74, 6) is 0.801. The average Bonchev–Trinajstić information content (AvgIpc) is 3.03. The van der Waals surface area contributed by atoms with Gasteiger partial charge in [0, 0.05) is 12.7 Å². The van der Waals surface area contributed by atoms with E-state index in [1.165, 1.54) is 36.9 Å². The van der Waals surface area contributed by atoms with Crippen LogP contribution in [0.25, 0.3) is 11.3 Å². The minimum absolute atomic E-state index is 0.801. The molecule has 0 bridgehead atoms. The van der Waals surface area contributed by atoms with Gasteiger partial charge >= 0.3 is 0 Å². The number of aromatic nitrogens is 2. The number of aromatic amines is 1. The highest BCUT2D eigenvalue weighted by Crippen LogP contribution is 2.28. The molecule has 1 fully saturated rings. The lowest BCUT2D eigenvalue weighted by molar-refractivity contribution is 0.457. The van der Waals surface area contributed by atoms with Crippen LogP contribution >= 0.6 is 12.2 Å². The Morgan fingerprint density at radius 1 is 1.17 bits per heavy atom. The van der Waals surface area contributed by atoms with E-state index in [4.69, 9.17) is 12.2 Å². The Balaban J connectivity index is 1.93. The van der Waals surface area contributed by atoms with Crippen molar-refractivity contribution in [3.05, 3.63) is 41.3 Å². The third-order valence-electron chi connectivity index (χ3n) is 3.85. The molecule has 1 heterocycles. The molecule has 1 aromatic carbocycles. The number of H-pyrrole nitrogens is 1. The van der Waals surface area contributed by atoms with Gasteiger partial charge in [0.1, 0.15) is 0 Å². The van der Waals surface area contributed by atoms with Crippen LogP contribution in [0.1, 0.15) is 25.7 Å². The number of benzene rings is 1. The number of rotatable bonds is 3. The summed E-state index contributed by atoms with van der Waals surface area (Å²) in [6.45, 7) is 1.06. The Hall–Kier alpha value is -1.35. The standard InChI is InChI=1S/C15H18N2S/c18-15-16-10-14(13-8-2-1-3-9-13)17(15)11-12-6-4-5-7-12/h1-3,8-10,12H,4-7,11H2,(H,16,18). The molecule has 3 heteroatoms. The molecular formula is C15H18N2S. The molecule has 0 spiro atoms. The predicted octanol–water partition coefficient (Wildman–Crippen LogP) is 4.40. The van der Waals surface area contributed by atoms with Gasteiger partial charge < -0.3 is 9.55 Å². The zero-order valence-corrected chi connectivity index (χ0v) is 11.2. The summed E-state index contributed by atoms with van der Waals surface area (Å²) in [6.07, 6.45) is 7.49. The molecule has 18 heavy (non-hydrogen) atoms. The average molecular weight is 258 g/mol. The molecule has 3 rings (SSSR count). The highest BCUT2D eigenvalue weighted by Gasteiger charge is 2.17. The van der Waals surface area contributed by atoms with Gasteiger partial charge in [-0.25, -0.2) is 0 Å². The van der Waals surface area contributed by atoms with Crippen LogP contribution in [0.4, 0.5) is 0 Å². The summed E-state index contributed by atoms with van der Waals surface area (Å²) in [5.41, 5.74) is 2.45. The van der Waals surface area contributed by atoms with Gasteiger partial charge in [0.2, 0.25) is 0 Å². The highest BCUT2D eigenvalue weighted by atomic mass is 32.1. The quantitative estimate of drug-likeness (QED) is 0.809. The van der Waals surface area contributed by atoms with Gasteiger partial charge in [-0.05, 0) is 36.5 Å². The van der Waals surface area contributed by atoms with Gasteiger partial charge in [-0.1, -0.05) is 43.2 Å². The van der Waals surface area contributed by atoms with Crippen molar-refractivity contribution in [3.8, 4) is 11.3 Å². The van der Waals surface area contributed by atoms with Crippen molar-refractivity contribution >= 4 is 12.2 Å². The maximum atomic E-state index is 5.41. The summed E-state index contributed by atoms with van der Waals surface area (Å²) in [4.78, 5) is 3.19. The fourth-order valence-corrected chi connectivity index (χ4v) is 3.11. The van der Waals surface area contributed by atoms with E-state index in [9.17, 15) is 0 Å². The molecule has 0 amide bonds. The maximum Gasteiger partial charge on any atom is 0.177 e. The second-order valence-corrected chi connectivity index (χ2v) is 5.49. The first-order chi connectivity index (χ1) is 8.84. The molecule has 0 saturated heterocycles. The molecule has 1 aliphatic rings. The molecule has 0 unspecified atom stereocenters. The van der Waals surface area contributed by atoms with Crippen LogP contribution in [0.5, 0.6) is 0 Å². The minimum atomic E-state index is 0.801. The summed E-state index contributed by atoms with van der Waals surface area (Å²) in [6, 6.07) is 10.5. The van der Waals surface area contributed by atoms with Crippen molar-refractivity contribution in [2.45, 2.75) is 32.2 Å². The first-order valence-corrected chi connectivity index (χ1v) is 7.09. The van der Waals surface area contributed by atoms with Crippen molar-refractivity contribution in [2.24, 2.45) is 5.92 Å². The van der Waals surface area contributed by atoms with Crippen molar-refractivity contribution in [3.63, 3.8) is 0 Å². The van der Waals surface area contributed by atoms with Gasteiger partial charge in [0.25, 0.3) is 0 Å². The summed E-state index contributed by atoms with van der Waals surface area (Å²) >= 11 is 5.41. The van der Waals surface area contributed by atoms with Gasteiger partial charge in [-0.3, -0.25) is 0 Å². The molecule has 1 aromatic heterocycles. The second-order valence-electron chi connectivity index (χ2n) is 5.11. The van der Waals surface area contributed by atoms with E-state index >= 15 is 0 Å². The van der Waals surface area contributed by atoms with Crippen LogP contribution in [-0.2, 0) is 6.54 Å².